The van der Waals surface area contributed by atoms with Gasteiger partial charge in [-0.25, -0.2) is 4.79 Å². The Morgan fingerprint density at radius 1 is 1.12 bits per heavy atom. The van der Waals surface area contributed by atoms with Gasteiger partial charge < -0.3 is 25.8 Å². The smallest absolute Gasteiger partial charge is 0.326 e. The Morgan fingerprint density at radius 2 is 1.81 bits per heavy atom. The lowest BCUT2D eigenvalue weighted by atomic mass is 9.94. The van der Waals surface area contributed by atoms with E-state index in [0.29, 0.717) is 18.6 Å². The molecule has 3 amide bonds. The third-order valence-corrected chi connectivity index (χ3v) is 6.21. The zero-order chi connectivity index (χ0) is 23.3. The van der Waals surface area contributed by atoms with E-state index < -0.39 is 29.4 Å². The average molecular weight is 446 g/mol. The van der Waals surface area contributed by atoms with E-state index in [9.17, 15) is 24.3 Å². The minimum Gasteiger partial charge on any atom is -0.491 e. The number of carbonyl (C=O) groups is 4. The fourth-order valence-electron chi connectivity index (χ4n) is 4.15. The number of ether oxygens (including phenoxy) is 1. The first kappa shape index (κ1) is 23.6. The monoisotopic (exact) mass is 445 g/mol. The Hall–Kier alpha value is -3.10. The molecule has 3 rings (SSSR count). The average Bonchev–Trinajstić information content (AvgIpc) is 3.22. The molecule has 32 heavy (non-hydrogen) atoms. The number of carbonyl (C=O) groups excluding carboxylic acids is 3. The van der Waals surface area contributed by atoms with Gasteiger partial charge in [-0.05, 0) is 37.3 Å². The predicted octanol–water partition coefficient (Wildman–Crippen LogP) is 1.61. The zero-order valence-electron chi connectivity index (χ0n) is 18.5. The van der Waals surface area contributed by atoms with Gasteiger partial charge in [-0.15, -0.1) is 0 Å². The molecule has 4 N–H and O–H groups in total. The summed E-state index contributed by atoms with van der Waals surface area (Å²) in [6.07, 6.45) is 2.46. The van der Waals surface area contributed by atoms with Crippen LogP contribution in [-0.2, 0) is 14.4 Å². The minimum atomic E-state index is -1.25. The van der Waals surface area contributed by atoms with E-state index in [1.807, 2.05) is 13.8 Å². The number of fused-ring (bicyclic) bond motifs is 1. The van der Waals surface area contributed by atoms with Crippen LogP contribution in [0.25, 0.3) is 0 Å². The van der Waals surface area contributed by atoms with Gasteiger partial charge in [-0.1, -0.05) is 38.8 Å². The highest BCUT2D eigenvalue weighted by Crippen LogP contribution is 2.31. The fourth-order valence-corrected chi connectivity index (χ4v) is 4.15. The molecule has 2 aliphatic rings. The molecule has 1 spiro atoms. The molecule has 174 valence electrons. The van der Waals surface area contributed by atoms with Crippen molar-refractivity contribution in [1.29, 1.82) is 0 Å². The molecule has 2 atom stereocenters. The van der Waals surface area contributed by atoms with Crippen molar-refractivity contribution in [1.82, 2.24) is 16.0 Å². The first-order valence-corrected chi connectivity index (χ1v) is 11.1. The van der Waals surface area contributed by atoms with Gasteiger partial charge in [0.1, 0.15) is 23.9 Å². The molecular formula is C23H31N3O6. The number of hydrogen-bond donors (Lipinski definition) is 4. The van der Waals surface area contributed by atoms with Crippen LogP contribution in [0.15, 0.2) is 24.3 Å². The number of benzene rings is 1. The van der Waals surface area contributed by atoms with Gasteiger partial charge in [0.2, 0.25) is 11.8 Å². The molecule has 0 radical (unpaired) electrons. The SMILES string of the molecule is CC(C)[C@H]1COc2ccccc2C(=O)N[C@H](C(=O)O)CCC(=O)NC2(CCCC2)C(=O)N1. The number of aliphatic carboxylic acids is 1. The van der Waals surface area contributed by atoms with Crippen molar-refractivity contribution in [2.75, 3.05) is 6.61 Å². The minimum absolute atomic E-state index is 0.0427. The lowest BCUT2D eigenvalue weighted by molar-refractivity contribution is -0.140. The zero-order valence-corrected chi connectivity index (χ0v) is 18.5. The van der Waals surface area contributed by atoms with Gasteiger partial charge in [0.25, 0.3) is 5.91 Å². The summed E-state index contributed by atoms with van der Waals surface area (Å²) in [5.41, 5.74) is -0.816. The molecular weight excluding hydrogens is 414 g/mol. The largest absolute Gasteiger partial charge is 0.491 e. The van der Waals surface area contributed by atoms with Crippen molar-refractivity contribution in [2.45, 2.75) is 70.0 Å². The van der Waals surface area contributed by atoms with Crippen molar-refractivity contribution in [2.24, 2.45) is 5.92 Å². The number of carboxylic acid groups (broad SMARTS) is 1. The predicted molar refractivity (Wildman–Crippen MR) is 116 cm³/mol. The third kappa shape index (κ3) is 5.38. The molecule has 1 aromatic carbocycles. The summed E-state index contributed by atoms with van der Waals surface area (Å²) < 4.78 is 5.91. The summed E-state index contributed by atoms with van der Waals surface area (Å²) in [7, 11) is 0. The van der Waals surface area contributed by atoms with Crippen LogP contribution in [0, 0.1) is 5.92 Å². The Bertz CT molecular complexity index is 878. The summed E-state index contributed by atoms with van der Waals surface area (Å²) in [4.78, 5) is 50.4. The second-order valence-corrected chi connectivity index (χ2v) is 8.87. The van der Waals surface area contributed by atoms with Crippen molar-refractivity contribution < 1.29 is 29.0 Å². The maximum atomic E-state index is 13.3. The first-order valence-electron chi connectivity index (χ1n) is 11.1. The van der Waals surface area contributed by atoms with Crippen LogP contribution in [0.1, 0.15) is 62.7 Å². The van der Waals surface area contributed by atoms with Crippen molar-refractivity contribution in [3.8, 4) is 5.75 Å². The molecule has 1 heterocycles. The normalized spacial score (nSPS) is 24.4. The summed E-state index contributed by atoms with van der Waals surface area (Å²) in [6, 6.07) is 4.96. The number of nitrogens with one attached hydrogen (secondary N) is 3. The molecule has 0 saturated heterocycles. The van der Waals surface area contributed by atoms with Gasteiger partial charge in [0.05, 0.1) is 11.6 Å². The molecule has 0 unspecified atom stereocenters. The number of para-hydroxylation sites is 1. The highest BCUT2D eigenvalue weighted by Gasteiger charge is 2.43. The van der Waals surface area contributed by atoms with E-state index in [0.717, 1.165) is 12.8 Å². The van der Waals surface area contributed by atoms with Gasteiger partial charge >= 0.3 is 5.97 Å². The Balaban J connectivity index is 1.94. The molecule has 9 nitrogen and oxygen atoms in total. The molecule has 9 heteroatoms. The summed E-state index contributed by atoms with van der Waals surface area (Å²) in [5.74, 6) is -2.15. The van der Waals surface area contributed by atoms with E-state index >= 15 is 0 Å². The van der Waals surface area contributed by atoms with Crippen LogP contribution in [0.2, 0.25) is 0 Å². The van der Waals surface area contributed by atoms with E-state index in [4.69, 9.17) is 4.74 Å². The van der Waals surface area contributed by atoms with Gasteiger partial charge in [0.15, 0.2) is 0 Å². The van der Waals surface area contributed by atoms with E-state index in [1.165, 1.54) is 0 Å². The van der Waals surface area contributed by atoms with E-state index in [-0.39, 0.29) is 42.9 Å². The van der Waals surface area contributed by atoms with Crippen LogP contribution in [0.3, 0.4) is 0 Å². The van der Waals surface area contributed by atoms with Crippen molar-refractivity contribution in [3.63, 3.8) is 0 Å². The fraction of sp³-hybridized carbons (Fsp3) is 0.565. The second kappa shape index (κ2) is 10.0. The number of hydrogen-bond acceptors (Lipinski definition) is 5. The molecule has 1 fully saturated rings. The quantitative estimate of drug-likeness (QED) is 0.547. The van der Waals surface area contributed by atoms with Gasteiger partial charge in [-0.2, -0.15) is 0 Å². The van der Waals surface area contributed by atoms with Gasteiger partial charge in [0, 0.05) is 6.42 Å². The van der Waals surface area contributed by atoms with Crippen LogP contribution in [0.4, 0.5) is 0 Å². The van der Waals surface area contributed by atoms with Crippen LogP contribution in [0.5, 0.6) is 5.75 Å². The topological polar surface area (TPSA) is 134 Å². The van der Waals surface area contributed by atoms with Crippen molar-refractivity contribution >= 4 is 23.7 Å². The summed E-state index contributed by atoms with van der Waals surface area (Å²) in [6.45, 7) is 4.04. The number of carboxylic acids is 1. The maximum absolute atomic E-state index is 13.3. The lowest BCUT2D eigenvalue weighted by Gasteiger charge is -2.32. The van der Waals surface area contributed by atoms with Crippen LogP contribution in [-0.4, -0.2) is 53.0 Å². The number of rotatable bonds is 2. The lowest BCUT2D eigenvalue weighted by Crippen LogP contribution is -2.60. The molecule has 1 aliphatic carbocycles. The Labute approximate surface area is 187 Å². The molecule has 0 bridgehead atoms. The van der Waals surface area contributed by atoms with E-state index in [2.05, 4.69) is 16.0 Å². The second-order valence-electron chi connectivity index (χ2n) is 8.87. The Kier molecular flexibility index (Phi) is 7.37. The van der Waals surface area contributed by atoms with Crippen LogP contribution >= 0.6 is 0 Å². The first-order chi connectivity index (χ1) is 15.2. The standard InChI is InChI=1S/C23H31N3O6/c1-14(2)17-13-32-18-8-4-3-7-15(18)20(28)24-16(21(29)30)9-10-19(27)26-23(22(31)25-17)11-5-6-12-23/h3-4,7-8,14,16-17H,5-6,9-13H2,1-2H3,(H,24,28)(H,25,31)(H,26,27)(H,29,30)/t16-,17+/m0/s1. The molecule has 1 aliphatic heterocycles. The number of amides is 3. The molecule has 1 aromatic rings. The molecule has 0 aromatic heterocycles. The Morgan fingerprint density at radius 3 is 2.47 bits per heavy atom. The van der Waals surface area contributed by atoms with E-state index in [1.54, 1.807) is 24.3 Å². The maximum Gasteiger partial charge on any atom is 0.326 e. The van der Waals surface area contributed by atoms with Gasteiger partial charge in [-0.3, -0.25) is 14.4 Å². The third-order valence-electron chi connectivity index (χ3n) is 6.21. The highest BCUT2D eigenvalue weighted by atomic mass is 16.5. The summed E-state index contributed by atoms with van der Waals surface area (Å²) >= 11 is 0. The molecule has 1 saturated carbocycles. The van der Waals surface area contributed by atoms with Crippen LogP contribution < -0.4 is 20.7 Å². The van der Waals surface area contributed by atoms with Crippen molar-refractivity contribution in [3.05, 3.63) is 29.8 Å². The highest BCUT2D eigenvalue weighted by molar-refractivity contribution is 5.99. The summed E-state index contributed by atoms with van der Waals surface area (Å²) in [5, 5.41) is 17.9.